The Kier molecular flexibility index (Phi) is 5.97. The first-order chi connectivity index (χ1) is 11.7. The number of piperidine rings is 1. The van der Waals surface area contributed by atoms with Gasteiger partial charge >= 0.3 is 0 Å². The summed E-state index contributed by atoms with van der Waals surface area (Å²) >= 11 is 0. The number of hydrogen-bond acceptors (Lipinski definition) is 6. The summed E-state index contributed by atoms with van der Waals surface area (Å²) in [5.74, 6) is 0.118. The Morgan fingerprint density at radius 1 is 1.52 bits per heavy atom. The number of nitro benzene ring substituents is 1. The van der Waals surface area contributed by atoms with Crippen molar-refractivity contribution in [1.29, 1.82) is 0 Å². The van der Waals surface area contributed by atoms with Gasteiger partial charge < -0.3 is 20.7 Å². The fourth-order valence-electron chi connectivity index (χ4n) is 3.04. The number of rotatable bonds is 6. The molecule has 0 radical (unpaired) electrons. The van der Waals surface area contributed by atoms with Gasteiger partial charge in [0.1, 0.15) is 5.75 Å². The van der Waals surface area contributed by atoms with E-state index in [1.54, 1.807) is 0 Å². The Morgan fingerprint density at radius 3 is 2.84 bits per heavy atom. The van der Waals surface area contributed by atoms with Crippen LogP contribution in [0.15, 0.2) is 18.2 Å². The van der Waals surface area contributed by atoms with E-state index in [0.29, 0.717) is 18.7 Å². The highest BCUT2D eigenvalue weighted by Gasteiger charge is 2.33. The average molecular weight is 350 g/mol. The van der Waals surface area contributed by atoms with Crippen molar-refractivity contribution in [2.45, 2.75) is 32.7 Å². The van der Waals surface area contributed by atoms with Crippen LogP contribution < -0.4 is 15.8 Å². The summed E-state index contributed by atoms with van der Waals surface area (Å²) in [6.45, 7) is 6.69. The Labute approximate surface area is 147 Å². The summed E-state index contributed by atoms with van der Waals surface area (Å²) in [5.41, 5.74) is 6.52. The number of carbonyl (C=O) groups excluding carboxylic acids is 1. The zero-order valence-electron chi connectivity index (χ0n) is 14.9. The van der Waals surface area contributed by atoms with Crippen LogP contribution in [0.4, 0.5) is 11.4 Å². The SMILES string of the molecule is COc1cc([N+](=O)[O-])ccc1NC(=O)CCN1CCC(N)C(C)(C)C1. The first kappa shape index (κ1) is 19.1. The van der Waals surface area contributed by atoms with Crippen LogP contribution >= 0.6 is 0 Å². The first-order valence-corrected chi connectivity index (χ1v) is 8.33. The fourth-order valence-corrected chi connectivity index (χ4v) is 3.04. The lowest BCUT2D eigenvalue weighted by atomic mass is 9.80. The molecule has 0 spiro atoms. The monoisotopic (exact) mass is 350 g/mol. The number of likely N-dealkylation sites (tertiary alicyclic amines) is 1. The zero-order chi connectivity index (χ0) is 18.6. The van der Waals surface area contributed by atoms with Crippen molar-refractivity contribution < 1.29 is 14.5 Å². The molecule has 8 nitrogen and oxygen atoms in total. The second kappa shape index (κ2) is 7.79. The van der Waals surface area contributed by atoms with Gasteiger partial charge in [-0.2, -0.15) is 0 Å². The minimum Gasteiger partial charge on any atom is -0.494 e. The molecule has 2 rings (SSSR count). The summed E-state index contributed by atoms with van der Waals surface area (Å²) in [7, 11) is 1.41. The van der Waals surface area contributed by atoms with Gasteiger partial charge in [0.25, 0.3) is 5.69 Å². The maximum atomic E-state index is 12.2. The van der Waals surface area contributed by atoms with E-state index in [4.69, 9.17) is 10.5 Å². The van der Waals surface area contributed by atoms with Gasteiger partial charge in [0.15, 0.2) is 0 Å². The molecule has 1 unspecified atom stereocenters. The van der Waals surface area contributed by atoms with Crippen LogP contribution in [0.2, 0.25) is 0 Å². The second-order valence-electron chi connectivity index (χ2n) is 7.10. The highest BCUT2D eigenvalue weighted by Crippen LogP contribution is 2.30. The van der Waals surface area contributed by atoms with E-state index >= 15 is 0 Å². The number of anilines is 1. The highest BCUT2D eigenvalue weighted by atomic mass is 16.6. The predicted octanol–water partition coefficient (Wildman–Crippen LogP) is 1.99. The topological polar surface area (TPSA) is 111 Å². The molecule has 1 aliphatic heterocycles. The highest BCUT2D eigenvalue weighted by molar-refractivity contribution is 5.92. The van der Waals surface area contributed by atoms with Crippen molar-refractivity contribution in [2.24, 2.45) is 11.1 Å². The maximum Gasteiger partial charge on any atom is 0.273 e. The minimum atomic E-state index is -0.503. The molecule has 0 bridgehead atoms. The number of methoxy groups -OCH3 is 1. The Morgan fingerprint density at radius 2 is 2.24 bits per heavy atom. The molecule has 1 saturated heterocycles. The third-order valence-corrected chi connectivity index (χ3v) is 4.72. The third-order valence-electron chi connectivity index (χ3n) is 4.72. The molecule has 0 aliphatic carbocycles. The van der Waals surface area contributed by atoms with Crippen molar-refractivity contribution in [3.63, 3.8) is 0 Å². The standard InChI is InChI=1S/C17H26N4O4/c1-17(2)11-20(8-6-15(17)18)9-7-16(22)19-13-5-4-12(21(23)24)10-14(13)25-3/h4-5,10,15H,6-9,11,18H2,1-3H3,(H,19,22). The summed E-state index contributed by atoms with van der Waals surface area (Å²) < 4.78 is 5.13. The van der Waals surface area contributed by atoms with Crippen LogP contribution in [0.3, 0.4) is 0 Å². The van der Waals surface area contributed by atoms with Crippen LogP contribution in [-0.4, -0.2) is 48.5 Å². The van der Waals surface area contributed by atoms with Gasteiger partial charge in [-0.25, -0.2) is 0 Å². The Hall–Kier alpha value is -2.19. The van der Waals surface area contributed by atoms with E-state index in [0.717, 1.165) is 19.5 Å². The third kappa shape index (κ3) is 4.90. The molecular formula is C17H26N4O4. The van der Waals surface area contributed by atoms with Crippen molar-refractivity contribution >= 4 is 17.3 Å². The number of ether oxygens (including phenoxy) is 1. The normalized spacial score (nSPS) is 20.1. The number of non-ortho nitro benzene ring substituents is 1. The van der Waals surface area contributed by atoms with Gasteiger partial charge in [-0.3, -0.25) is 14.9 Å². The fraction of sp³-hybridized carbons (Fsp3) is 0.588. The Balaban J connectivity index is 1.91. The molecule has 1 atom stereocenters. The van der Waals surface area contributed by atoms with Crippen LogP contribution in [0.1, 0.15) is 26.7 Å². The molecule has 1 heterocycles. The van der Waals surface area contributed by atoms with Crippen LogP contribution in [0.5, 0.6) is 5.75 Å². The molecule has 0 aromatic heterocycles. The summed E-state index contributed by atoms with van der Waals surface area (Å²) in [5, 5.41) is 13.6. The molecule has 3 N–H and O–H groups in total. The molecule has 1 aliphatic rings. The van der Waals surface area contributed by atoms with Crippen molar-refractivity contribution in [2.75, 3.05) is 32.1 Å². The molecule has 0 saturated carbocycles. The predicted molar refractivity (Wildman–Crippen MR) is 95.7 cm³/mol. The van der Waals surface area contributed by atoms with Gasteiger partial charge in [-0.1, -0.05) is 13.8 Å². The number of carbonyl (C=O) groups is 1. The van der Waals surface area contributed by atoms with Crippen LogP contribution in [-0.2, 0) is 4.79 Å². The summed E-state index contributed by atoms with van der Waals surface area (Å²) in [6.07, 6.45) is 1.26. The van der Waals surface area contributed by atoms with Gasteiger partial charge in [-0.15, -0.1) is 0 Å². The number of nitrogens with zero attached hydrogens (tertiary/aromatic N) is 2. The molecule has 1 aromatic rings. The van der Waals surface area contributed by atoms with E-state index in [-0.39, 0.29) is 28.8 Å². The van der Waals surface area contributed by atoms with Gasteiger partial charge in [0.2, 0.25) is 5.91 Å². The molecule has 25 heavy (non-hydrogen) atoms. The zero-order valence-corrected chi connectivity index (χ0v) is 14.9. The number of amides is 1. The van der Waals surface area contributed by atoms with E-state index in [1.807, 2.05) is 0 Å². The van der Waals surface area contributed by atoms with Gasteiger partial charge in [0, 0.05) is 31.6 Å². The number of hydrogen-bond donors (Lipinski definition) is 2. The van der Waals surface area contributed by atoms with E-state index in [1.165, 1.54) is 25.3 Å². The molecule has 1 aromatic carbocycles. The molecule has 138 valence electrons. The lowest BCUT2D eigenvalue weighted by Gasteiger charge is -2.42. The van der Waals surface area contributed by atoms with Crippen LogP contribution in [0, 0.1) is 15.5 Å². The molecule has 8 heteroatoms. The van der Waals surface area contributed by atoms with Crippen molar-refractivity contribution in [1.82, 2.24) is 4.90 Å². The number of nitro groups is 1. The minimum absolute atomic E-state index is 0.0380. The largest absolute Gasteiger partial charge is 0.494 e. The average Bonchev–Trinajstić information content (AvgIpc) is 2.56. The summed E-state index contributed by atoms with van der Waals surface area (Å²) in [4.78, 5) is 24.8. The van der Waals surface area contributed by atoms with Gasteiger partial charge in [0.05, 0.1) is 23.8 Å². The first-order valence-electron chi connectivity index (χ1n) is 8.33. The molecule has 1 amide bonds. The molecule has 1 fully saturated rings. The lowest BCUT2D eigenvalue weighted by molar-refractivity contribution is -0.384. The quantitative estimate of drug-likeness (QED) is 0.599. The molecular weight excluding hydrogens is 324 g/mol. The summed E-state index contributed by atoms with van der Waals surface area (Å²) in [6, 6.07) is 4.30. The van der Waals surface area contributed by atoms with E-state index in [9.17, 15) is 14.9 Å². The Bertz CT molecular complexity index is 648. The maximum absolute atomic E-state index is 12.2. The van der Waals surface area contributed by atoms with Crippen molar-refractivity contribution in [3.05, 3.63) is 28.3 Å². The van der Waals surface area contributed by atoms with Gasteiger partial charge in [-0.05, 0) is 24.4 Å². The second-order valence-corrected chi connectivity index (χ2v) is 7.10. The number of nitrogens with one attached hydrogen (secondary N) is 1. The van der Waals surface area contributed by atoms with Crippen LogP contribution in [0.25, 0.3) is 0 Å². The van der Waals surface area contributed by atoms with Crippen molar-refractivity contribution in [3.8, 4) is 5.75 Å². The van der Waals surface area contributed by atoms with E-state index < -0.39 is 4.92 Å². The van der Waals surface area contributed by atoms with E-state index in [2.05, 4.69) is 24.1 Å². The smallest absolute Gasteiger partial charge is 0.273 e. The number of nitrogens with two attached hydrogens (primary N) is 1. The lowest BCUT2D eigenvalue weighted by Crippen LogP contribution is -2.52. The number of benzene rings is 1.